The number of benzene rings is 1. The minimum Gasteiger partial charge on any atom is -0.497 e. The van der Waals surface area contributed by atoms with Crippen LogP contribution < -0.4 is 20.9 Å². The van der Waals surface area contributed by atoms with Crippen LogP contribution in [0.3, 0.4) is 0 Å². The number of nitrogens with two attached hydrogens (primary N) is 1. The Morgan fingerprint density at radius 2 is 2.14 bits per heavy atom. The topological polar surface area (TPSA) is 80.5 Å². The number of methoxy groups -OCH3 is 1. The van der Waals surface area contributed by atoms with E-state index in [0.717, 1.165) is 11.4 Å². The SMILES string of the molecule is COc1cccc(N(C)C(=O)c2cnc(C)cc2NN)c1. The summed E-state index contributed by atoms with van der Waals surface area (Å²) in [6.07, 6.45) is 1.52. The van der Waals surface area contributed by atoms with Gasteiger partial charge in [0.25, 0.3) is 5.91 Å². The molecule has 1 amide bonds. The summed E-state index contributed by atoms with van der Waals surface area (Å²) in [6, 6.07) is 8.99. The smallest absolute Gasteiger partial charge is 0.261 e. The van der Waals surface area contributed by atoms with Gasteiger partial charge in [-0.25, -0.2) is 0 Å². The van der Waals surface area contributed by atoms with Crippen LogP contribution in [-0.2, 0) is 0 Å². The zero-order chi connectivity index (χ0) is 15.4. The highest BCUT2D eigenvalue weighted by Gasteiger charge is 2.18. The molecule has 6 heteroatoms. The number of rotatable bonds is 4. The van der Waals surface area contributed by atoms with Gasteiger partial charge in [0, 0.05) is 30.7 Å². The summed E-state index contributed by atoms with van der Waals surface area (Å²) in [6.45, 7) is 1.83. The van der Waals surface area contributed by atoms with Crippen molar-refractivity contribution in [3.8, 4) is 5.75 Å². The zero-order valence-electron chi connectivity index (χ0n) is 12.3. The number of anilines is 2. The molecule has 2 rings (SSSR count). The normalized spacial score (nSPS) is 10.1. The third-order valence-corrected chi connectivity index (χ3v) is 3.17. The van der Waals surface area contributed by atoms with Crippen molar-refractivity contribution in [2.24, 2.45) is 5.84 Å². The van der Waals surface area contributed by atoms with Crippen LogP contribution in [0.4, 0.5) is 11.4 Å². The highest BCUT2D eigenvalue weighted by Crippen LogP contribution is 2.23. The lowest BCUT2D eigenvalue weighted by Gasteiger charge is -2.19. The van der Waals surface area contributed by atoms with Crippen molar-refractivity contribution in [2.75, 3.05) is 24.5 Å². The minimum absolute atomic E-state index is 0.205. The van der Waals surface area contributed by atoms with E-state index in [9.17, 15) is 4.79 Å². The third-order valence-electron chi connectivity index (χ3n) is 3.17. The molecule has 1 heterocycles. The highest BCUT2D eigenvalue weighted by atomic mass is 16.5. The van der Waals surface area contributed by atoms with Gasteiger partial charge in [-0.3, -0.25) is 15.6 Å². The van der Waals surface area contributed by atoms with Gasteiger partial charge >= 0.3 is 0 Å². The molecule has 0 aliphatic rings. The van der Waals surface area contributed by atoms with E-state index in [1.54, 1.807) is 26.3 Å². The van der Waals surface area contributed by atoms with Gasteiger partial charge in [0.15, 0.2) is 0 Å². The number of nitrogen functional groups attached to an aromatic ring is 1. The van der Waals surface area contributed by atoms with Crippen LogP contribution in [0.2, 0.25) is 0 Å². The fraction of sp³-hybridized carbons (Fsp3) is 0.200. The summed E-state index contributed by atoms with van der Waals surface area (Å²) in [7, 11) is 3.28. The van der Waals surface area contributed by atoms with E-state index in [2.05, 4.69) is 10.4 Å². The maximum atomic E-state index is 12.6. The molecule has 2 aromatic rings. The second-order valence-electron chi connectivity index (χ2n) is 4.58. The van der Waals surface area contributed by atoms with Crippen molar-refractivity contribution in [1.29, 1.82) is 0 Å². The molecule has 0 unspecified atom stereocenters. The molecule has 1 aromatic carbocycles. The van der Waals surface area contributed by atoms with Crippen molar-refractivity contribution in [3.05, 3.63) is 47.8 Å². The molecule has 0 aliphatic carbocycles. The molecule has 6 nitrogen and oxygen atoms in total. The first-order valence-corrected chi connectivity index (χ1v) is 6.42. The van der Waals surface area contributed by atoms with Gasteiger partial charge in [0.1, 0.15) is 5.75 Å². The highest BCUT2D eigenvalue weighted by molar-refractivity contribution is 6.09. The number of hydrazine groups is 1. The Labute approximate surface area is 123 Å². The first-order chi connectivity index (χ1) is 10.1. The number of carbonyl (C=O) groups is 1. The summed E-state index contributed by atoms with van der Waals surface area (Å²) in [5, 5.41) is 0. The molecule has 0 saturated carbocycles. The first kappa shape index (κ1) is 14.8. The van der Waals surface area contributed by atoms with Gasteiger partial charge in [0.2, 0.25) is 0 Å². The Kier molecular flexibility index (Phi) is 4.39. The number of hydrogen-bond acceptors (Lipinski definition) is 5. The van der Waals surface area contributed by atoms with E-state index < -0.39 is 0 Å². The molecule has 0 bridgehead atoms. The van der Waals surface area contributed by atoms with E-state index in [4.69, 9.17) is 10.6 Å². The molecule has 0 radical (unpaired) electrons. The molecule has 0 fully saturated rings. The number of ether oxygens (including phenoxy) is 1. The number of carbonyl (C=O) groups excluding carboxylic acids is 1. The van der Waals surface area contributed by atoms with E-state index in [1.807, 2.05) is 25.1 Å². The lowest BCUT2D eigenvalue weighted by Crippen LogP contribution is -2.28. The number of aryl methyl sites for hydroxylation is 1. The summed E-state index contributed by atoms with van der Waals surface area (Å²) in [5.41, 5.74) is 4.99. The average molecular weight is 286 g/mol. The Hall–Kier alpha value is -2.60. The van der Waals surface area contributed by atoms with E-state index in [-0.39, 0.29) is 5.91 Å². The molecule has 1 aromatic heterocycles. The number of nitrogens with zero attached hydrogens (tertiary/aromatic N) is 2. The summed E-state index contributed by atoms with van der Waals surface area (Å²) in [4.78, 5) is 18.3. The third kappa shape index (κ3) is 3.11. The summed E-state index contributed by atoms with van der Waals surface area (Å²) in [5.74, 6) is 5.95. The average Bonchev–Trinajstić information content (AvgIpc) is 2.53. The Balaban J connectivity index is 2.34. The van der Waals surface area contributed by atoms with Crippen LogP contribution in [0.1, 0.15) is 16.1 Å². The predicted octanol–water partition coefficient (Wildman–Crippen LogP) is 1.96. The molecule has 0 spiro atoms. The number of pyridine rings is 1. The zero-order valence-corrected chi connectivity index (χ0v) is 12.3. The second-order valence-corrected chi connectivity index (χ2v) is 4.58. The van der Waals surface area contributed by atoms with Crippen LogP contribution in [0.25, 0.3) is 0 Å². The second kappa shape index (κ2) is 6.23. The van der Waals surface area contributed by atoms with Crippen LogP contribution >= 0.6 is 0 Å². The maximum absolute atomic E-state index is 12.6. The first-order valence-electron chi connectivity index (χ1n) is 6.42. The minimum atomic E-state index is -0.205. The van der Waals surface area contributed by atoms with Crippen LogP contribution in [0.5, 0.6) is 5.75 Å². The summed E-state index contributed by atoms with van der Waals surface area (Å²) >= 11 is 0. The van der Waals surface area contributed by atoms with Gasteiger partial charge in [0.05, 0.1) is 18.4 Å². The van der Waals surface area contributed by atoms with E-state index in [0.29, 0.717) is 17.0 Å². The van der Waals surface area contributed by atoms with Gasteiger partial charge in [-0.1, -0.05) is 6.07 Å². The standard InChI is InChI=1S/C15H18N4O2/c1-10-7-14(18-16)13(9-17-10)15(20)19(2)11-5-4-6-12(8-11)21-3/h4-9H,16H2,1-3H3,(H,17,18). The fourth-order valence-electron chi connectivity index (χ4n) is 1.97. The van der Waals surface area contributed by atoms with Crippen molar-refractivity contribution >= 4 is 17.3 Å². The molecular formula is C15H18N4O2. The molecule has 0 atom stereocenters. The number of amides is 1. The predicted molar refractivity (Wildman–Crippen MR) is 82.5 cm³/mol. The number of nitrogens with one attached hydrogen (secondary N) is 1. The van der Waals surface area contributed by atoms with Crippen LogP contribution in [0, 0.1) is 6.92 Å². The number of hydrogen-bond donors (Lipinski definition) is 2. The van der Waals surface area contributed by atoms with Crippen molar-refractivity contribution in [3.63, 3.8) is 0 Å². The lowest BCUT2D eigenvalue weighted by molar-refractivity contribution is 0.0993. The Bertz CT molecular complexity index is 658. The molecular weight excluding hydrogens is 268 g/mol. The van der Waals surface area contributed by atoms with Crippen molar-refractivity contribution in [2.45, 2.75) is 6.92 Å². The van der Waals surface area contributed by atoms with E-state index >= 15 is 0 Å². The molecule has 0 saturated heterocycles. The maximum Gasteiger partial charge on any atom is 0.261 e. The largest absolute Gasteiger partial charge is 0.497 e. The van der Waals surface area contributed by atoms with Crippen molar-refractivity contribution in [1.82, 2.24) is 4.98 Å². The van der Waals surface area contributed by atoms with Crippen molar-refractivity contribution < 1.29 is 9.53 Å². The number of aromatic nitrogens is 1. The van der Waals surface area contributed by atoms with Gasteiger partial charge in [-0.2, -0.15) is 0 Å². The summed E-state index contributed by atoms with van der Waals surface area (Å²) < 4.78 is 5.17. The van der Waals surface area contributed by atoms with Crippen LogP contribution in [0.15, 0.2) is 36.5 Å². The fourth-order valence-corrected chi connectivity index (χ4v) is 1.97. The molecule has 0 aliphatic heterocycles. The Morgan fingerprint density at radius 1 is 1.38 bits per heavy atom. The lowest BCUT2D eigenvalue weighted by atomic mass is 10.1. The quantitative estimate of drug-likeness (QED) is 0.663. The molecule has 21 heavy (non-hydrogen) atoms. The van der Waals surface area contributed by atoms with Gasteiger partial charge < -0.3 is 15.1 Å². The molecule has 3 N–H and O–H groups in total. The van der Waals surface area contributed by atoms with E-state index in [1.165, 1.54) is 11.1 Å². The monoisotopic (exact) mass is 286 g/mol. The van der Waals surface area contributed by atoms with Crippen LogP contribution in [-0.4, -0.2) is 25.0 Å². The Morgan fingerprint density at radius 3 is 2.81 bits per heavy atom. The van der Waals surface area contributed by atoms with Gasteiger partial charge in [-0.05, 0) is 25.1 Å². The molecule has 110 valence electrons. The van der Waals surface area contributed by atoms with Gasteiger partial charge in [-0.15, -0.1) is 0 Å².